The van der Waals surface area contributed by atoms with E-state index in [0.717, 1.165) is 23.2 Å². The van der Waals surface area contributed by atoms with Gasteiger partial charge in [0.05, 0.1) is 30.3 Å². The Labute approximate surface area is 218 Å². The predicted molar refractivity (Wildman–Crippen MR) is 131 cm³/mol. The van der Waals surface area contributed by atoms with Crippen molar-refractivity contribution in [2.75, 3.05) is 33.4 Å². The Bertz CT molecular complexity index is 961. The molecule has 1 aliphatic heterocycles. The largest absolute Gasteiger partial charge is 0.428 e. The molecule has 0 spiro atoms. The molecule has 0 aromatic carbocycles. The summed E-state index contributed by atoms with van der Waals surface area (Å²) in [4.78, 5) is 29.3. The molecule has 1 aromatic heterocycles. The van der Waals surface area contributed by atoms with Gasteiger partial charge in [-0.25, -0.2) is 0 Å². The summed E-state index contributed by atoms with van der Waals surface area (Å²) in [7, 11) is 1.46. The van der Waals surface area contributed by atoms with E-state index in [0.29, 0.717) is 41.3 Å². The van der Waals surface area contributed by atoms with Crippen LogP contribution in [0.15, 0.2) is 12.1 Å². The van der Waals surface area contributed by atoms with Crippen LogP contribution in [0.2, 0.25) is 0 Å². The number of halogens is 3. The van der Waals surface area contributed by atoms with Crippen molar-refractivity contribution < 1.29 is 32.6 Å². The van der Waals surface area contributed by atoms with Crippen molar-refractivity contribution in [2.24, 2.45) is 29.6 Å². The lowest BCUT2D eigenvalue weighted by Crippen LogP contribution is -2.59. The fourth-order valence-electron chi connectivity index (χ4n) is 7.12. The van der Waals surface area contributed by atoms with Crippen LogP contribution >= 0.6 is 11.3 Å². The van der Waals surface area contributed by atoms with Crippen molar-refractivity contribution in [3.05, 3.63) is 21.9 Å². The summed E-state index contributed by atoms with van der Waals surface area (Å²) >= 11 is 1.03. The third-order valence-corrected chi connectivity index (χ3v) is 9.73. The summed E-state index contributed by atoms with van der Waals surface area (Å²) in [5.41, 5.74) is 0. The van der Waals surface area contributed by atoms with Gasteiger partial charge >= 0.3 is 6.18 Å². The summed E-state index contributed by atoms with van der Waals surface area (Å²) in [6.45, 7) is 1.60. The molecule has 1 saturated heterocycles. The minimum absolute atomic E-state index is 0.0852. The highest BCUT2D eigenvalue weighted by molar-refractivity contribution is 7.14. The topological polar surface area (TPSA) is 103 Å². The van der Waals surface area contributed by atoms with Gasteiger partial charge in [-0.1, -0.05) is 0 Å². The van der Waals surface area contributed by atoms with E-state index in [2.05, 4.69) is 16.0 Å². The zero-order valence-electron chi connectivity index (χ0n) is 20.8. The molecule has 206 valence electrons. The Morgan fingerprint density at radius 1 is 1.16 bits per heavy atom. The van der Waals surface area contributed by atoms with Crippen LogP contribution in [0.1, 0.15) is 52.8 Å². The molecule has 2 heterocycles. The molecule has 4 saturated carbocycles. The van der Waals surface area contributed by atoms with Crippen LogP contribution in [0.5, 0.6) is 0 Å². The molecular formula is C25H35F3N4O4S. The Kier molecular flexibility index (Phi) is 7.84. The first-order valence-corrected chi connectivity index (χ1v) is 13.9. The molecule has 0 radical (unpaired) electrons. The normalized spacial score (nSPS) is 32.8. The predicted octanol–water partition coefficient (Wildman–Crippen LogP) is 2.47. The monoisotopic (exact) mass is 544 g/mol. The number of alkyl halides is 3. The summed E-state index contributed by atoms with van der Waals surface area (Å²) in [5, 5.41) is 17.0. The molecule has 12 heteroatoms. The molecule has 4 N–H and O–H groups in total. The highest BCUT2D eigenvalue weighted by atomic mass is 32.1. The SMILES string of the molecule is CNC(NC(O)C(F)(F)F)c1ccc(C(=O)NCC2COCCN2C(=O)C2C3CC4CC(C3)CC2C4)s1. The number of rotatable bonds is 8. The third-order valence-electron chi connectivity index (χ3n) is 8.58. The Morgan fingerprint density at radius 3 is 2.46 bits per heavy atom. The van der Waals surface area contributed by atoms with Gasteiger partial charge in [-0.2, -0.15) is 13.2 Å². The second kappa shape index (κ2) is 10.8. The first kappa shape index (κ1) is 26.9. The average Bonchev–Trinajstić information content (AvgIpc) is 3.35. The van der Waals surface area contributed by atoms with Gasteiger partial charge in [-0.05, 0) is 75.0 Å². The zero-order valence-corrected chi connectivity index (χ0v) is 21.6. The Morgan fingerprint density at radius 2 is 1.84 bits per heavy atom. The average molecular weight is 545 g/mol. The molecule has 1 aromatic rings. The summed E-state index contributed by atoms with van der Waals surface area (Å²) in [5.74, 6) is 2.47. The lowest BCUT2D eigenvalue weighted by atomic mass is 9.51. The fraction of sp³-hybridized carbons (Fsp3) is 0.760. The van der Waals surface area contributed by atoms with Crippen molar-refractivity contribution in [1.29, 1.82) is 0 Å². The molecule has 3 atom stereocenters. The van der Waals surface area contributed by atoms with Crippen LogP contribution in [-0.4, -0.2) is 73.6 Å². The maximum absolute atomic E-state index is 13.7. The van der Waals surface area contributed by atoms with Crippen molar-refractivity contribution in [3.8, 4) is 0 Å². The number of nitrogens with one attached hydrogen (secondary N) is 3. The minimum atomic E-state index is -4.81. The van der Waals surface area contributed by atoms with E-state index in [4.69, 9.17) is 4.74 Å². The van der Waals surface area contributed by atoms with Crippen molar-refractivity contribution >= 4 is 23.2 Å². The van der Waals surface area contributed by atoms with E-state index in [-0.39, 0.29) is 30.3 Å². The number of hydrogen-bond donors (Lipinski definition) is 4. The Hall–Kier alpha value is -1.73. The molecule has 8 nitrogen and oxygen atoms in total. The highest BCUT2D eigenvalue weighted by Gasteiger charge is 2.52. The summed E-state index contributed by atoms with van der Waals surface area (Å²) < 4.78 is 43.8. The fourth-order valence-corrected chi connectivity index (χ4v) is 8.12. The molecule has 6 rings (SSSR count). The summed E-state index contributed by atoms with van der Waals surface area (Å²) in [6, 6.07) is 2.83. The first-order valence-electron chi connectivity index (χ1n) is 13.1. The number of nitrogens with zero attached hydrogens (tertiary/aromatic N) is 1. The zero-order chi connectivity index (χ0) is 26.3. The maximum Gasteiger partial charge on any atom is 0.428 e. The van der Waals surface area contributed by atoms with Crippen LogP contribution in [0.25, 0.3) is 0 Å². The van der Waals surface area contributed by atoms with E-state index in [9.17, 15) is 27.9 Å². The number of thiophene rings is 1. The maximum atomic E-state index is 13.7. The molecule has 5 fully saturated rings. The number of hydrogen-bond acceptors (Lipinski definition) is 7. The van der Waals surface area contributed by atoms with Gasteiger partial charge in [0, 0.05) is 23.9 Å². The third kappa shape index (κ3) is 5.68. The lowest BCUT2D eigenvalue weighted by Gasteiger charge is -2.55. The first-order chi connectivity index (χ1) is 17.6. The molecule has 37 heavy (non-hydrogen) atoms. The second-order valence-corrected chi connectivity index (χ2v) is 12.1. The number of amides is 2. The molecular weight excluding hydrogens is 509 g/mol. The van der Waals surface area contributed by atoms with Crippen LogP contribution in [0.4, 0.5) is 13.2 Å². The quantitative estimate of drug-likeness (QED) is 0.375. The lowest BCUT2D eigenvalue weighted by molar-refractivity contribution is -0.216. The van der Waals surface area contributed by atoms with E-state index in [1.807, 2.05) is 4.90 Å². The van der Waals surface area contributed by atoms with E-state index in [1.165, 1.54) is 45.2 Å². The van der Waals surface area contributed by atoms with Crippen molar-refractivity contribution in [1.82, 2.24) is 20.9 Å². The second-order valence-electron chi connectivity index (χ2n) is 11.0. The van der Waals surface area contributed by atoms with Crippen molar-refractivity contribution in [3.63, 3.8) is 0 Å². The van der Waals surface area contributed by atoms with Crippen molar-refractivity contribution in [2.45, 2.75) is 56.7 Å². The van der Waals surface area contributed by atoms with Crippen LogP contribution in [-0.2, 0) is 9.53 Å². The number of carbonyl (C=O) groups is 2. The van der Waals surface area contributed by atoms with Gasteiger partial charge in [-0.15, -0.1) is 11.3 Å². The molecule has 4 bridgehead atoms. The van der Waals surface area contributed by atoms with Gasteiger partial charge in [0.2, 0.25) is 12.1 Å². The smallest absolute Gasteiger partial charge is 0.377 e. The van der Waals surface area contributed by atoms with Crippen LogP contribution in [0.3, 0.4) is 0 Å². The number of aliphatic hydroxyl groups excluding tert-OH is 1. The number of morpholine rings is 1. The van der Waals surface area contributed by atoms with Gasteiger partial charge in [0.25, 0.3) is 5.91 Å². The van der Waals surface area contributed by atoms with Crippen LogP contribution in [0, 0.1) is 29.6 Å². The number of ether oxygens (including phenoxy) is 1. The van der Waals surface area contributed by atoms with Gasteiger partial charge < -0.3 is 25.4 Å². The molecule has 2 amide bonds. The van der Waals surface area contributed by atoms with Gasteiger partial charge in [0.1, 0.15) is 0 Å². The molecule has 4 aliphatic carbocycles. The standard InChI is InChI=1S/C25H35F3N4O4S/c1-29-21(31-24(35)25(26,27)28)18-2-3-19(37-18)22(33)30-11-17-12-36-5-4-32(17)23(34)20-15-7-13-6-14(9-15)10-16(20)8-13/h2-3,13-17,20-21,24,29,31,35H,4-12H2,1H3,(H,30,33). The van der Waals surface area contributed by atoms with E-state index >= 15 is 0 Å². The van der Waals surface area contributed by atoms with E-state index in [1.54, 1.807) is 6.07 Å². The van der Waals surface area contributed by atoms with Gasteiger partial charge in [-0.3, -0.25) is 14.9 Å². The molecule has 3 unspecified atom stereocenters. The number of aliphatic hydroxyl groups is 1. The number of carbonyl (C=O) groups excluding carboxylic acids is 2. The summed E-state index contributed by atoms with van der Waals surface area (Å²) in [6.07, 6.45) is -2.50. The minimum Gasteiger partial charge on any atom is -0.377 e. The van der Waals surface area contributed by atoms with Crippen LogP contribution < -0.4 is 16.0 Å². The Balaban J connectivity index is 1.19. The molecule has 5 aliphatic rings. The van der Waals surface area contributed by atoms with E-state index < -0.39 is 18.6 Å². The highest BCUT2D eigenvalue weighted by Crippen LogP contribution is 2.57. The van der Waals surface area contributed by atoms with Gasteiger partial charge in [0.15, 0.2) is 0 Å².